The molecule has 0 unspecified atom stereocenters. The van der Waals surface area contributed by atoms with Crippen LogP contribution in [0, 0.1) is 16.7 Å². The quantitative estimate of drug-likeness (QED) is 0.293. The van der Waals surface area contributed by atoms with Gasteiger partial charge in [-0.15, -0.1) is 0 Å². The summed E-state index contributed by atoms with van der Waals surface area (Å²) in [6.07, 6.45) is 3.65. The average Bonchev–Trinajstić information content (AvgIpc) is 3.06. The van der Waals surface area contributed by atoms with Gasteiger partial charge in [0.15, 0.2) is 5.84 Å². The van der Waals surface area contributed by atoms with Gasteiger partial charge in [-0.05, 0) is 56.6 Å². The van der Waals surface area contributed by atoms with Crippen molar-refractivity contribution in [1.82, 2.24) is 4.90 Å². The smallest absolute Gasteiger partial charge is 0.201 e. The molecule has 7 nitrogen and oxygen atoms in total. The molecule has 0 amide bonds. The third-order valence-corrected chi connectivity index (χ3v) is 3.60. The zero-order valence-corrected chi connectivity index (χ0v) is 13.1. The Hall–Kier alpha value is -2.59. The Morgan fingerprint density at radius 3 is 2.65 bits per heavy atom. The summed E-state index contributed by atoms with van der Waals surface area (Å²) in [5.41, 5.74) is 8.46. The number of nitriles is 1. The molecule has 0 atom stereocenters. The average molecular weight is 314 g/mol. The van der Waals surface area contributed by atoms with Crippen LogP contribution in [0.3, 0.4) is 0 Å². The third-order valence-electron chi connectivity index (χ3n) is 3.60. The van der Waals surface area contributed by atoms with E-state index < -0.39 is 0 Å². The van der Waals surface area contributed by atoms with Gasteiger partial charge >= 0.3 is 0 Å². The second kappa shape index (κ2) is 8.76. The minimum absolute atomic E-state index is 0.146. The van der Waals surface area contributed by atoms with Gasteiger partial charge in [-0.2, -0.15) is 10.4 Å². The van der Waals surface area contributed by atoms with Gasteiger partial charge in [0.25, 0.3) is 0 Å². The van der Waals surface area contributed by atoms with Crippen molar-refractivity contribution in [2.45, 2.75) is 19.3 Å². The van der Waals surface area contributed by atoms with Crippen molar-refractivity contribution < 1.29 is 4.74 Å². The highest BCUT2D eigenvalue weighted by molar-refractivity contribution is 6.45. The van der Waals surface area contributed by atoms with Crippen LogP contribution in [-0.4, -0.2) is 42.7 Å². The lowest BCUT2D eigenvalue weighted by Crippen LogP contribution is -2.22. The molecule has 1 aromatic carbocycles. The van der Waals surface area contributed by atoms with Gasteiger partial charge in [-0.25, -0.2) is 0 Å². The first-order chi connectivity index (χ1) is 11.2. The maximum Gasteiger partial charge on any atom is 0.201 e. The summed E-state index contributed by atoms with van der Waals surface area (Å²) in [7, 11) is 0. The maximum atomic E-state index is 8.75. The first-order valence-electron chi connectivity index (χ1n) is 7.72. The van der Waals surface area contributed by atoms with E-state index in [0.29, 0.717) is 12.3 Å². The van der Waals surface area contributed by atoms with Crippen molar-refractivity contribution in [3.05, 3.63) is 24.3 Å². The lowest BCUT2D eigenvalue weighted by Gasteiger charge is -2.14. The van der Waals surface area contributed by atoms with E-state index in [9.17, 15) is 0 Å². The predicted octanol–water partition coefficient (Wildman–Crippen LogP) is 1.78. The monoisotopic (exact) mass is 314 g/mol. The van der Waals surface area contributed by atoms with Crippen LogP contribution in [0.1, 0.15) is 19.3 Å². The number of rotatable bonds is 8. The van der Waals surface area contributed by atoms with Gasteiger partial charge < -0.3 is 15.4 Å². The van der Waals surface area contributed by atoms with Crippen LogP contribution >= 0.6 is 0 Å². The molecule has 0 aliphatic carbocycles. The third kappa shape index (κ3) is 5.60. The van der Waals surface area contributed by atoms with Gasteiger partial charge in [0.05, 0.1) is 12.3 Å². The molecule has 0 saturated carbocycles. The Bertz CT molecular complexity index is 584. The summed E-state index contributed by atoms with van der Waals surface area (Å²) in [6, 6.07) is 9.03. The Morgan fingerprint density at radius 1 is 1.35 bits per heavy atom. The molecule has 23 heavy (non-hydrogen) atoms. The predicted molar refractivity (Wildman–Crippen MR) is 90.8 cm³/mol. The topological polar surface area (TPSA) is 111 Å². The summed E-state index contributed by atoms with van der Waals surface area (Å²) in [5.74, 6) is 0.436. The van der Waals surface area contributed by atoms with Crippen molar-refractivity contribution in [2.24, 2.45) is 10.8 Å². The Labute approximate surface area is 136 Å². The lowest BCUT2D eigenvalue weighted by atomic mass is 10.3. The van der Waals surface area contributed by atoms with Crippen molar-refractivity contribution >= 4 is 17.2 Å². The molecular weight excluding hydrogens is 292 g/mol. The van der Waals surface area contributed by atoms with Crippen molar-refractivity contribution in [3.8, 4) is 11.8 Å². The molecule has 1 saturated heterocycles. The summed E-state index contributed by atoms with van der Waals surface area (Å²) >= 11 is 0. The molecule has 1 aromatic rings. The molecule has 2 rings (SSSR count). The fourth-order valence-corrected chi connectivity index (χ4v) is 2.38. The van der Waals surface area contributed by atoms with Crippen molar-refractivity contribution in [2.75, 3.05) is 31.7 Å². The summed E-state index contributed by atoms with van der Waals surface area (Å²) in [6.45, 7) is 4.22. The van der Waals surface area contributed by atoms with Crippen LogP contribution in [0.2, 0.25) is 0 Å². The highest BCUT2D eigenvalue weighted by Gasteiger charge is 2.10. The Balaban J connectivity index is 1.73. The van der Waals surface area contributed by atoms with Crippen LogP contribution in [0.25, 0.3) is 0 Å². The van der Waals surface area contributed by atoms with Crippen molar-refractivity contribution in [3.63, 3.8) is 0 Å². The number of hydrogen-bond donors (Lipinski definition) is 3. The minimum atomic E-state index is -0.363. The van der Waals surface area contributed by atoms with Crippen molar-refractivity contribution in [1.29, 1.82) is 10.7 Å². The number of hydrazone groups is 1. The van der Waals surface area contributed by atoms with E-state index in [1.807, 2.05) is 12.1 Å². The number of likely N-dealkylation sites (tertiary alicyclic amines) is 1. The van der Waals surface area contributed by atoms with Gasteiger partial charge in [0, 0.05) is 6.54 Å². The highest BCUT2D eigenvalue weighted by atomic mass is 16.5. The van der Waals surface area contributed by atoms with E-state index >= 15 is 0 Å². The number of amidine groups is 1. The molecule has 1 aliphatic heterocycles. The Morgan fingerprint density at radius 2 is 2.04 bits per heavy atom. The van der Waals surface area contributed by atoms with E-state index in [-0.39, 0.29) is 11.5 Å². The largest absolute Gasteiger partial charge is 0.494 e. The van der Waals surface area contributed by atoms with E-state index in [0.717, 1.165) is 18.7 Å². The summed E-state index contributed by atoms with van der Waals surface area (Å²) in [4.78, 5) is 2.47. The fraction of sp³-hybridized carbons (Fsp3) is 0.438. The molecule has 1 heterocycles. The number of ether oxygens (including phenoxy) is 1. The number of benzene rings is 1. The number of hydrogen-bond acceptors (Lipinski definition) is 6. The maximum absolute atomic E-state index is 8.75. The van der Waals surface area contributed by atoms with Crippen LogP contribution in [0.15, 0.2) is 29.4 Å². The standard InChI is InChI=1S/C16H22N6O/c17-12-15(16(18)19)21-20-13-4-6-14(7-5-13)23-11-3-10-22-8-1-2-9-22/h4-7,20H,1-3,8-11H2,(H3,18,19)/b21-15+. The van der Waals surface area contributed by atoms with Crippen LogP contribution in [0.5, 0.6) is 5.75 Å². The van der Waals surface area contributed by atoms with E-state index in [2.05, 4.69) is 15.4 Å². The molecule has 0 aromatic heterocycles. The first kappa shape index (κ1) is 16.8. The van der Waals surface area contributed by atoms with Crippen LogP contribution < -0.4 is 15.9 Å². The summed E-state index contributed by atoms with van der Waals surface area (Å²) in [5, 5.41) is 19.7. The molecule has 4 N–H and O–H groups in total. The van der Waals surface area contributed by atoms with Gasteiger partial charge in [0.1, 0.15) is 11.8 Å². The number of nitrogens with one attached hydrogen (secondary N) is 2. The summed E-state index contributed by atoms with van der Waals surface area (Å²) < 4.78 is 5.71. The second-order valence-corrected chi connectivity index (χ2v) is 5.37. The zero-order chi connectivity index (χ0) is 16.5. The lowest BCUT2D eigenvalue weighted by molar-refractivity contribution is 0.263. The number of nitrogens with zero attached hydrogens (tertiary/aromatic N) is 3. The van der Waals surface area contributed by atoms with Crippen LogP contribution in [0.4, 0.5) is 5.69 Å². The fourth-order valence-electron chi connectivity index (χ4n) is 2.38. The molecule has 0 radical (unpaired) electrons. The second-order valence-electron chi connectivity index (χ2n) is 5.37. The van der Waals surface area contributed by atoms with Crippen LogP contribution in [-0.2, 0) is 0 Å². The number of anilines is 1. The SMILES string of the molecule is N#C/C(=N\Nc1ccc(OCCCN2CCCC2)cc1)C(=N)N. The highest BCUT2D eigenvalue weighted by Crippen LogP contribution is 2.16. The molecular formula is C16H22N6O. The van der Waals surface area contributed by atoms with Gasteiger partial charge in [-0.3, -0.25) is 10.8 Å². The van der Waals surface area contributed by atoms with E-state index in [1.165, 1.54) is 25.9 Å². The molecule has 0 bridgehead atoms. The minimum Gasteiger partial charge on any atom is -0.494 e. The molecule has 122 valence electrons. The van der Waals surface area contributed by atoms with Gasteiger partial charge in [0.2, 0.25) is 5.71 Å². The molecule has 7 heteroatoms. The molecule has 1 fully saturated rings. The van der Waals surface area contributed by atoms with E-state index in [4.69, 9.17) is 21.1 Å². The zero-order valence-electron chi connectivity index (χ0n) is 13.1. The first-order valence-corrected chi connectivity index (χ1v) is 7.72. The Kier molecular flexibility index (Phi) is 6.39. The molecule has 1 aliphatic rings. The number of nitrogens with two attached hydrogens (primary N) is 1. The van der Waals surface area contributed by atoms with E-state index in [1.54, 1.807) is 18.2 Å². The van der Waals surface area contributed by atoms with Gasteiger partial charge in [-0.1, -0.05) is 0 Å². The molecule has 0 spiro atoms. The normalized spacial score (nSPS) is 15.2.